The van der Waals surface area contributed by atoms with Crippen molar-refractivity contribution in [2.45, 2.75) is 31.1 Å². The van der Waals surface area contributed by atoms with Crippen molar-refractivity contribution in [2.75, 3.05) is 0 Å². The minimum absolute atomic E-state index is 0.0529. The summed E-state index contributed by atoms with van der Waals surface area (Å²) in [4.78, 5) is 0.143. The standard InChI is InChI=1S/C19H17ClN2O2S/c1-19(2,3)14-4-7-17(8-5-14)25(23,24)22-16(12-21)11-13-10-15(20)6-9-18(13)22/h4-11H,1-3H3. The van der Waals surface area contributed by atoms with Gasteiger partial charge in [-0.25, -0.2) is 12.4 Å². The molecule has 0 fully saturated rings. The molecule has 25 heavy (non-hydrogen) atoms. The number of hydrogen-bond acceptors (Lipinski definition) is 3. The van der Waals surface area contributed by atoms with E-state index in [1.54, 1.807) is 30.3 Å². The van der Waals surface area contributed by atoms with Crippen LogP contribution in [-0.2, 0) is 15.4 Å². The lowest BCUT2D eigenvalue weighted by molar-refractivity contribution is 0.583. The quantitative estimate of drug-likeness (QED) is 0.654. The molecule has 0 N–H and O–H groups in total. The lowest BCUT2D eigenvalue weighted by atomic mass is 9.87. The number of hydrogen-bond donors (Lipinski definition) is 0. The molecular weight excluding hydrogens is 356 g/mol. The van der Waals surface area contributed by atoms with Crippen LogP contribution in [0.25, 0.3) is 10.9 Å². The molecule has 0 aliphatic heterocycles. The molecule has 0 atom stereocenters. The van der Waals surface area contributed by atoms with Crippen LogP contribution in [-0.4, -0.2) is 12.4 Å². The van der Waals surface area contributed by atoms with Gasteiger partial charge in [-0.1, -0.05) is 44.5 Å². The average molecular weight is 373 g/mol. The minimum atomic E-state index is -3.89. The molecule has 0 aliphatic carbocycles. The summed E-state index contributed by atoms with van der Waals surface area (Å²) in [7, 11) is -3.89. The van der Waals surface area contributed by atoms with Gasteiger partial charge >= 0.3 is 0 Å². The molecule has 0 spiro atoms. The van der Waals surface area contributed by atoms with E-state index in [1.165, 1.54) is 6.07 Å². The van der Waals surface area contributed by atoms with Crippen LogP contribution < -0.4 is 0 Å². The third-order valence-corrected chi connectivity index (χ3v) is 6.07. The Labute approximate surface area is 152 Å². The molecule has 4 nitrogen and oxygen atoms in total. The molecule has 0 saturated carbocycles. The molecule has 1 heterocycles. The Bertz CT molecular complexity index is 1100. The molecule has 1 aromatic heterocycles. The van der Waals surface area contributed by atoms with Crippen molar-refractivity contribution in [3.63, 3.8) is 0 Å². The van der Waals surface area contributed by atoms with Gasteiger partial charge in [0, 0.05) is 10.4 Å². The first-order valence-corrected chi connectivity index (χ1v) is 9.53. The van der Waals surface area contributed by atoms with E-state index in [0.29, 0.717) is 15.9 Å². The Balaban J connectivity index is 2.21. The molecule has 3 aromatic rings. The van der Waals surface area contributed by atoms with Crippen molar-refractivity contribution in [3.8, 4) is 6.07 Å². The Morgan fingerprint density at radius 3 is 2.24 bits per heavy atom. The van der Waals surface area contributed by atoms with E-state index in [2.05, 4.69) is 20.8 Å². The van der Waals surface area contributed by atoms with Gasteiger partial charge in [-0.3, -0.25) is 0 Å². The van der Waals surface area contributed by atoms with Crippen LogP contribution in [0.5, 0.6) is 0 Å². The number of nitriles is 1. The zero-order valence-corrected chi connectivity index (χ0v) is 15.7. The number of fused-ring (bicyclic) bond motifs is 1. The van der Waals surface area contributed by atoms with Crippen LogP contribution in [0.2, 0.25) is 5.02 Å². The second kappa shape index (κ2) is 5.91. The highest BCUT2D eigenvalue weighted by Gasteiger charge is 2.24. The molecule has 0 aliphatic rings. The van der Waals surface area contributed by atoms with Crippen molar-refractivity contribution < 1.29 is 8.42 Å². The molecule has 0 radical (unpaired) electrons. The predicted molar refractivity (Wildman–Crippen MR) is 99.4 cm³/mol. The number of nitrogens with zero attached hydrogens (tertiary/aromatic N) is 2. The lowest BCUT2D eigenvalue weighted by Gasteiger charge is -2.19. The number of benzene rings is 2. The van der Waals surface area contributed by atoms with Crippen molar-refractivity contribution >= 4 is 32.5 Å². The van der Waals surface area contributed by atoms with E-state index in [0.717, 1.165) is 9.54 Å². The Kier molecular flexibility index (Phi) is 4.14. The normalized spacial score (nSPS) is 12.3. The summed E-state index contributed by atoms with van der Waals surface area (Å²) in [6, 6.07) is 15.1. The second-order valence-corrected chi connectivity index (χ2v) is 9.11. The van der Waals surface area contributed by atoms with E-state index < -0.39 is 10.0 Å². The van der Waals surface area contributed by atoms with Gasteiger partial charge in [-0.2, -0.15) is 5.26 Å². The van der Waals surface area contributed by atoms with Crippen molar-refractivity contribution in [1.82, 2.24) is 3.97 Å². The maximum Gasteiger partial charge on any atom is 0.269 e. The van der Waals surface area contributed by atoms with Crippen LogP contribution in [0, 0.1) is 11.3 Å². The maximum absolute atomic E-state index is 13.1. The van der Waals surface area contributed by atoms with E-state index in [1.807, 2.05) is 18.2 Å². The molecule has 3 rings (SSSR count). The van der Waals surface area contributed by atoms with Gasteiger partial charge in [0.1, 0.15) is 11.8 Å². The highest BCUT2D eigenvalue weighted by molar-refractivity contribution is 7.90. The molecule has 0 bridgehead atoms. The summed E-state index contributed by atoms with van der Waals surface area (Å²) < 4.78 is 27.3. The molecule has 0 unspecified atom stereocenters. The lowest BCUT2D eigenvalue weighted by Crippen LogP contribution is -2.16. The van der Waals surface area contributed by atoms with E-state index >= 15 is 0 Å². The zero-order valence-electron chi connectivity index (χ0n) is 14.1. The van der Waals surface area contributed by atoms with Gasteiger partial charge in [-0.05, 0) is 47.4 Å². The number of halogens is 1. The van der Waals surface area contributed by atoms with Gasteiger partial charge in [-0.15, -0.1) is 0 Å². The first-order valence-electron chi connectivity index (χ1n) is 7.72. The highest BCUT2D eigenvalue weighted by atomic mass is 35.5. The third-order valence-electron chi connectivity index (χ3n) is 4.09. The van der Waals surface area contributed by atoms with Crippen molar-refractivity contribution in [2.24, 2.45) is 0 Å². The number of aromatic nitrogens is 1. The topological polar surface area (TPSA) is 62.9 Å². The fraction of sp³-hybridized carbons (Fsp3) is 0.211. The Hall–Kier alpha value is -2.29. The molecule has 2 aromatic carbocycles. The van der Waals surface area contributed by atoms with Crippen molar-refractivity contribution in [1.29, 1.82) is 5.26 Å². The Morgan fingerprint density at radius 1 is 1.04 bits per heavy atom. The molecule has 0 saturated heterocycles. The summed E-state index contributed by atoms with van der Waals surface area (Å²) in [5.74, 6) is 0. The smallest absolute Gasteiger partial charge is 0.224 e. The average Bonchev–Trinajstić information content (AvgIpc) is 2.92. The summed E-state index contributed by atoms with van der Waals surface area (Å²) in [6.07, 6.45) is 0. The van der Waals surface area contributed by atoms with E-state index in [-0.39, 0.29) is 16.0 Å². The molecular formula is C19H17ClN2O2S. The monoisotopic (exact) mass is 372 g/mol. The van der Waals surface area contributed by atoms with Crippen LogP contribution in [0.1, 0.15) is 32.0 Å². The largest absolute Gasteiger partial charge is 0.269 e. The summed E-state index contributed by atoms with van der Waals surface area (Å²) >= 11 is 5.97. The SMILES string of the molecule is CC(C)(C)c1ccc(S(=O)(=O)n2c(C#N)cc3cc(Cl)ccc32)cc1. The minimum Gasteiger partial charge on any atom is -0.224 e. The van der Waals surface area contributed by atoms with E-state index in [4.69, 9.17) is 11.6 Å². The first kappa shape index (κ1) is 17.5. The fourth-order valence-corrected chi connectivity index (χ4v) is 4.38. The number of rotatable bonds is 2. The predicted octanol–water partition coefficient (Wildman–Crippen LogP) is 4.70. The summed E-state index contributed by atoms with van der Waals surface area (Å²) in [5.41, 5.74) is 1.45. The van der Waals surface area contributed by atoms with E-state index in [9.17, 15) is 13.7 Å². The maximum atomic E-state index is 13.1. The van der Waals surface area contributed by atoms with Gasteiger partial charge in [0.05, 0.1) is 10.4 Å². The Morgan fingerprint density at radius 2 is 1.68 bits per heavy atom. The summed E-state index contributed by atoms with van der Waals surface area (Å²) in [5, 5.41) is 10.5. The van der Waals surface area contributed by atoms with Crippen LogP contribution in [0.3, 0.4) is 0 Å². The molecule has 128 valence electrons. The van der Waals surface area contributed by atoms with Crippen molar-refractivity contribution in [3.05, 3.63) is 64.8 Å². The summed E-state index contributed by atoms with van der Waals surface area (Å²) in [6.45, 7) is 6.19. The second-order valence-electron chi connectivity index (χ2n) is 6.89. The zero-order chi connectivity index (χ0) is 18.4. The van der Waals surface area contributed by atoms with Gasteiger partial charge in [0.25, 0.3) is 10.0 Å². The van der Waals surface area contributed by atoms with Gasteiger partial charge in [0.2, 0.25) is 0 Å². The highest BCUT2D eigenvalue weighted by Crippen LogP contribution is 2.29. The molecule has 6 heteroatoms. The molecule has 0 amide bonds. The fourth-order valence-electron chi connectivity index (χ4n) is 2.73. The van der Waals surface area contributed by atoms with Crippen LogP contribution in [0.15, 0.2) is 53.4 Å². The van der Waals surface area contributed by atoms with Crippen LogP contribution in [0.4, 0.5) is 0 Å². The van der Waals surface area contributed by atoms with Crippen LogP contribution >= 0.6 is 11.6 Å². The van der Waals surface area contributed by atoms with Gasteiger partial charge < -0.3 is 0 Å². The first-order chi connectivity index (χ1) is 11.6. The van der Waals surface area contributed by atoms with Gasteiger partial charge in [0.15, 0.2) is 0 Å². The third kappa shape index (κ3) is 3.04.